The second-order valence-corrected chi connectivity index (χ2v) is 5.78. The number of nitrogens with one attached hydrogen (secondary N) is 1. The van der Waals surface area contributed by atoms with E-state index in [-0.39, 0.29) is 0 Å². The molecule has 1 fully saturated rings. The Bertz CT molecular complexity index is 321. The average molecular weight is 234 g/mol. The zero-order chi connectivity index (χ0) is 12.1. The van der Waals surface area contributed by atoms with Crippen molar-refractivity contribution in [3.05, 3.63) is 24.0 Å². The SMILES string of the molecule is CC1CCC(CCNCc2ccn(C)c2)CC1. The van der Waals surface area contributed by atoms with Gasteiger partial charge in [0.05, 0.1) is 0 Å². The van der Waals surface area contributed by atoms with Crippen molar-refractivity contribution >= 4 is 0 Å². The number of hydrogen-bond donors (Lipinski definition) is 1. The van der Waals surface area contributed by atoms with Crippen molar-refractivity contribution in [1.82, 2.24) is 9.88 Å². The molecule has 0 atom stereocenters. The molecule has 2 nitrogen and oxygen atoms in total. The smallest absolute Gasteiger partial charge is 0.0220 e. The molecule has 0 aliphatic heterocycles. The zero-order valence-corrected chi connectivity index (χ0v) is 11.3. The summed E-state index contributed by atoms with van der Waals surface area (Å²) in [5.74, 6) is 1.96. The summed E-state index contributed by atoms with van der Waals surface area (Å²) < 4.78 is 2.11. The van der Waals surface area contributed by atoms with E-state index in [4.69, 9.17) is 0 Å². The summed E-state index contributed by atoms with van der Waals surface area (Å²) in [6, 6.07) is 2.19. The van der Waals surface area contributed by atoms with Crippen molar-refractivity contribution < 1.29 is 0 Å². The van der Waals surface area contributed by atoms with Crippen LogP contribution >= 0.6 is 0 Å². The van der Waals surface area contributed by atoms with E-state index in [2.05, 4.69) is 42.3 Å². The second kappa shape index (κ2) is 6.25. The Labute approximate surface area is 105 Å². The largest absolute Gasteiger partial charge is 0.357 e. The molecule has 1 heterocycles. The first kappa shape index (κ1) is 12.7. The zero-order valence-electron chi connectivity index (χ0n) is 11.3. The molecule has 1 aliphatic rings. The molecular weight excluding hydrogens is 208 g/mol. The Morgan fingerprint density at radius 1 is 1.29 bits per heavy atom. The highest BCUT2D eigenvalue weighted by molar-refractivity contribution is 5.09. The molecule has 0 radical (unpaired) electrons. The van der Waals surface area contributed by atoms with Crippen molar-refractivity contribution in [3.8, 4) is 0 Å². The third-order valence-corrected chi connectivity index (χ3v) is 4.09. The molecule has 2 rings (SSSR count). The molecule has 1 aromatic heterocycles. The van der Waals surface area contributed by atoms with Crippen molar-refractivity contribution in [3.63, 3.8) is 0 Å². The summed E-state index contributed by atoms with van der Waals surface area (Å²) in [5, 5.41) is 3.56. The molecule has 1 aromatic rings. The van der Waals surface area contributed by atoms with Crippen molar-refractivity contribution in [1.29, 1.82) is 0 Å². The van der Waals surface area contributed by atoms with Crippen molar-refractivity contribution in [2.75, 3.05) is 6.54 Å². The van der Waals surface area contributed by atoms with Gasteiger partial charge in [-0.1, -0.05) is 32.6 Å². The van der Waals surface area contributed by atoms with Crippen LogP contribution in [0.2, 0.25) is 0 Å². The monoisotopic (exact) mass is 234 g/mol. The van der Waals surface area contributed by atoms with Gasteiger partial charge in [0.1, 0.15) is 0 Å². The predicted molar refractivity (Wildman–Crippen MR) is 72.9 cm³/mol. The molecule has 1 aliphatic carbocycles. The Balaban J connectivity index is 1.57. The Hall–Kier alpha value is -0.760. The van der Waals surface area contributed by atoms with Crippen LogP contribution in [-0.2, 0) is 13.6 Å². The van der Waals surface area contributed by atoms with Gasteiger partial charge in [-0.05, 0) is 36.4 Å². The number of hydrogen-bond acceptors (Lipinski definition) is 1. The van der Waals surface area contributed by atoms with E-state index in [9.17, 15) is 0 Å². The van der Waals surface area contributed by atoms with Crippen LogP contribution in [-0.4, -0.2) is 11.1 Å². The number of nitrogens with zero attached hydrogens (tertiary/aromatic N) is 1. The third-order valence-electron chi connectivity index (χ3n) is 4.09. The molecule has 1 saturated carbocycles. The van der Waals surface area contributed by atoms with Gasteiger partial charge in [-0.15, -0.1) is 0 Å². The van der Waals surface area contributed by atoms with Crippen LogP contribution in [0.25, 0.3) is 0 Å². The minimum atomic E-state index is 0.975. The first-order chi connectivity index (χ1) is 8.24. The van der Waals surface area contributed by atoms with E-state index >= 15 is 0 Å². The van der Waals surface area contributed by atoms with Gasteiger partial charge in [0.25, 0.3) is 0 Å². The van der Waals surface area contributed by atoms with E-state index in [1.807, 2.05) is 0 Å². The Kier molecular flexibility index (Phi) is 4.66. The fraction of sp³-hybridized carbons (Fsp3) is 0.733. The molecular formula is C15H26N2. The van der Waals surface area contributed by atoms with E-state index < -0.39 is 0 Å². The summed E-state index contributed by atoms with van der Waals surface area (Å²) in [6.45, 7) is 4.59. The first-order valence-electron chi connectivity index (χ1n) is 7.05. The molecule has 17 heavy (non-hydrogen) atoms. The molecule has 1 N–H and O–H groups in total. The Morgan fingerprint density at radius 2 is 2.06 bits per heavy atom. The maximum atomic E-state index is 3.56. The summed E-state index contributed by atoms with van der Waals surface area (Å²) in [7, 11) is 2.08. The summed E-state index contributed by atoms with van der Waals surface area (Å²) in [5.41, 5.74) is 1.39. The van der Waals surface area contributed by atoms with Gasteiger partial charge >= 0.3 is 0 Å². The summed E-state index contributed by atoms with van der Waals surface area (Å²) in [4.78, 5) is 0. The van der Waals surface area contributed by atoms with Gasteiger partial charge in [0.2, 0.25) is 0 Å². The standard InChI is InChI=1S/C15H26N2/c1-13-3-5-14(6-4-13)7-9-16-11-15-8-10-17(2)12-15/h8,10,12-14,16H,3-7,9,11H2,1-2H3. The lowest BCUT2D eigenvalue weighted by Crippen LogP contribution is -2.20. The Morgan fingerprint density at radius 3 is 2.71 bits per heavy atom. The number of aryl methyl sites for hydroxylation is 1. The summed E-state index contributed by atoms with van der Waals surface area (Å²) in [6.07, 6.45) is 11.5. The highest BCUT2D eigenvalue weighted by Gasteiger charge is 2.17. The number of rotatable bonds is 5. The minimum absolute atomic E-state index is 0.975. The minimum Gasteiger partial charge on any atom is -0.357 e. The maximum absolute atomic E-state index is 3.56. The lowest BCUT2D eigenvalue weighted by atomic mass is 9.81. The number of aromatic nitrogens is 1. The van der Waals surface area contributed by atoms with E-state index in [1.54, 1.807) is 0 Å². The molecule has 2 heteroatoms. The van der Waals surface area contributed by atoms with Gasteiger partial charge in [0.15, 0.2) is 0 Å². The van der Waals surface area contributed by atoms with Crippen LogP contribution in [0, 0.1) is 11.8 Å². The molecule has 0 spiro atoms. The van der Waals surface area contributed by atoms with E-state index in [0.29, 0.717) is 0 Å². The lowest BCUT2D eigenvalue weighted by molar-refractivity contribution is 0.275. The van der Waals surface area contributed by atoms with Crippen molar-refractivity contribution in [2.45, 2.75) is 45.6 Å². The topological polar surface area (TPSA) is 17.0 Å². The molecule has 0 amide bonds. The van der Waals surface area contributed by atoms with Crippen LogP contribution in [0.1, 0.15) is 44.6 Å². The first-order valence-corrected chi connectivity index (χ1v) is 7.05. The van der Waals surface area contributed by atoms with Gasteiger partial charge < -0.3 is 9.88 Å². The average Bonchev–Trinajstić information content (AvgIpc) is 2.73. The van der Waals surface area contributed by atoms with Crippen LogP contribution in [0.15, 0.2) is 18.5 Å². The van der Waals surface area contributed by atoms with Gasteiger partial charge in [-0.3, -0.25) is 0 Å². The van der Waals surface area contributed by atoms with Crippen molar-refractivity contribution in [2.24, 2.45) is 18.9 Å². The normalized spacial score (nSPS) is 25.1. The van der Waals surface area contributed by atoms with Gasteiger partial charge in [0, 0.05) is 26.0 Å². The van der Waals surface area contributed by atoms with E-state index in [1.165, 1.54) is 44.2 Å². The van der Waals surface area contributed by atoms with Crippen LogP contribution in [0.4, 0.5) is 0 Å². The second-order valence-electron chi connectivity index (χ2n) is 5.78. The highest BCUT2D eigenvalue weighted by Crippen LogP contribution is 2.29. The summed E-state index contributed by atoms with van der Waals surface area (Å²) >= 11 is 0. The maximum Gasteiger partial charge on any atom is 0.0220 e. The van der Waals surface area contributed by atoms with Gasteiger partial charge in [-0.25, -0.2) is 0 Å². The lowest BCUT2D eigenvalue weighted by Gasteiger charge is -2.26. The molecule has 0 aromatic carbocycles. The molecule has 96 valence electrons. The quantitative estimate of drug-likeness (QED) is 0.773. The predicted octanol–water partition coefficient (Wildman–Crippen LogP) is 3.33. The highest BCUT2D eigenvalue weighted by atomic mass is 14.9. The third kappa shape index (κ3) is 4.19. The molecule has 0 bridgehead atoms. The van der Waals surface area contributed by atoms with E-state index in [0.717, 1.165) is 18.4 Å². The van der Waals surface area contributed by atoms with Crippen LogP contribution in [0.5, 0.6) is 0 Å². The molecule has 0 unspecified atom stereocenters. The fourth-order valence-corrected chi connectivity index (χ4v) is 2.82. The van der Waals surface area contributed by atoms with Gasteiger partial charge in [-0.2, -0.15) is 0 Å². The van der Waals surface area contributed by atoms with Crippen LogP contribution < -0.4 is 5.32 Å². The fourth-order valence-electron chi connectivity index (χ4n) is 2.82. The molecule has 0 saturated heterocycles. The van der Waals surface area contributed by atoms with Crippen LogP contribution in [0.3, 0.4) is 0 Å².